The molecule has 0 spiro atoms. The number of benzene rings is 1. The maximum Gasteiger partial charge on any atom is 0.159 e. The van der Waals surface area contributed by atoms with Crippen LogP contribution in [0.1, 0.15) is 76.7 Å². The Morgan fingerprint density at radius 1 is 0.792 bits per heavy atom. The first-order valence-electron chi connectivity index (χ1n) is 10.1. The van der Waals surface area contributed by atoms with E-state index in [9.17, 15) is 8.78 Å². The van der Waals surface area contributed by atoms with Crippen molar-refractivity contribution >= 4 is 0 Å². The lowest BCUT2D eigenvalue weighted by atomic mass is 9.68. The molecule has 2 fully saturated rings. The Morgan fingerprint density at radius 3 is 1.92 bits per heavy atom. The second-order valence-electron chi connectivity index (χ2n) is 8.26. The summed E-state index contributed by atoms with van der Waals surface area (Å²) in [6.45, 7) is 2.34. The fourth-order valence-corrected chi connectivity index (χ4v) is 5.08. The molecule has 0 N–H and O–H groups in total. The predicted molar refractivity (Wildman–Crippen MR) is 95.9 cm³/mol. The topological polar surface area (TPSA) is 0 Å². The van der Waals surface area contributed by atoms with Crippen LogP contribution in [0.25, 0.3) is 0 Å². The minimum absolute atomic E-state index is 0.709. The minimum Gasteiger partial charge on any atom is -0.204 e. The molecule has 0 amide bonds. The molecule has 2 aliphatic carbocycles. The van der Waals surface area contributed by atoms with E-state index in [4.69, 9.17) is 0 Å². The zero-order valence-electron chi connectivity index (χ0n) is 15.1. The van der Waals surface area contributed by atoms with Crippen LogP contribution in [0, 0.1) is 35.3 Å². The van der Waals surface area contributed by atoms with Crippen LogP contribution in [-0.2, 0) is 6.42 Å². The van der Waals surface area contributed by atoms with Gasteiger partial charge in [-0.2, -0.15) is 0 Å². The van der Waals surface area contributed by atoms with Gasteiger partial charge in [-0.25, -0.2) is 8.78 Å². The molecule has 0 saturated heterocycles. The van der Waals surface area contributed by atoms with Gasteiger partial charge in [-0.3, -0.25) is 0 Å². The largest absolute Gasteiger partial charge is 0.204 e. The van der Waals surface area contributed by atoms with E-state index < -0.39 is 11.6 Å². The fraction of sp³-hybridized carbons (Fsp3) is 0.727. The molecule has 0 heterocycles. The molecule has 0 unspecified atom stereocenters. The van der Waals surface area contributed by atoms with Crippen molar-refractivity contribution in [2.24, 2.45) is 23.7 Å². The lowest BCUT2D eigenvalue weighted by Crippen LogP contribution is -2.25. The first-order chi connectivity index (χ1) is 11.7. The van der Waals surface area contributed by atoms with Crippen molar-refractivity contribution in [1.29, 1.82) is 0 Å². The van der Waals surface area contributed by atoms with E-state index in [0.717, 1.165) is 42.1 Å². The average molecular weight is 334 g/mol. The van der Waals surface area contributed by atoms with Gasteiger partial charge in [0.2, 0.25) is 0 Å². The smallest absolute Gasteiger partial charge is 0.159 e. The van der Waals surface area contributed by atoms with E-state index in [-0.39, 0.29) is 0 Å². The summed E-state index contributed by atoms with van der Waals surface area (Å²) in [4.78, 5) is 0. The van der Waals surface area contributed by atoms with Crippen molar-refractivity contribution in [3.05, 3.63) is 35.4 Å². The Balaban J connectivity index is 1.40. The maximum absolute atomic E-state index is 13.3. The molecule has 0 aliphatic heterocycles. The summed E-state index contributed by atoms with van der Waals surface area (Å²) in [5, 5.41) is 0. The quantitative estimate of drug-likeness (QED) is 0.548. The van der Waals surface area contributed by atoms with Crippen molar-refractivity contribution < 1.29 is 8.78 Å². The van der Waals surface area contributed by atoms with Crippen LogP contribution < -0.4 is 0 Å². The molecular formula is C22H32F2. The molecule has 1 aromatic rings. The maximum atomic E-state index is 13.3. The van der Waals surface area contributed by atoms with Crippen LogP contribution >= 0.6 is 0 Å². The molecule has 3 rings (SSSR count). The Kier molecular flexibility index (Phi) is 6.30. The van der Waals surface area contributed by atoms with Gasteiger partial charge >= 0.3 is 0 Å². The summed E-state index contributed by atoms with van der Waals surface area (Å²) in [7, 11) is 0. The Morgan fingerprint density at radius 2 is 1.38 bits per heavy atom. The molecule has 1 aromatic carbocycles. The van der Waals surface area contributed by atoms with E-state index in [1.54, 1.807) is 6.07 Å². The normalized spacial score (nSPS) is 31.1. The highest BCUT2D eigenvalue weighted by molar-refractivity contribution is 5.17. The number of aryl methyl sites for hydroxylation is 1. The molecular weight excluding hydrogens is 302 g/mol. The Labute approximate surface area is 146 Å². The van der Waals surface area contributed by atoms with Crippen LogP contribution in [0.2, 0.25) is 0 Å². The monoisotopic (exact) mass is 334 g/mol. The first-order valence-corrected chi connectivity index (χ1v) is 10.1. The molecule has 2 aliphatic rings. The van der Waals surface area contributed by atoms with Gasteiger partial charge in [0.25, 0.3) is 0 Å². The Bertz CT molecular complexity index is 509. The van der Waals surface area contributed by atoms with E-state index in [2.05, 4.69) is 6.92 Å². The van der Waals surface area contributed by atoms with Crippen molar-refractivity contribution in [3.63, 3.8) is 0 Å². The van der Waals surface area contributed by atoms with Gasteiger partial charge < -0.3 is 0 Å². The minimum atomic E-state index is -0.739. The van der Waals surface area contributed by atoms with Gasteiger partial charge in [0.15, 0.2) is 11.6 Å². The van der Waals surface area contributed by atoms with Crippen LogP contribution in [0.3, 0.4) is 0 Å². The Hall–Kier alpha value is -0.920. The van der Waals surface area contributed by atoms with Gasteiger partial charge in [0.1, 0.15) is 0 Å². The molecule has 0 atom stereocenters. The number of hydrogen-bond acceptors (Lipinski definition) is 0. The van der Waals surface area contributed by atoms with Crippen molar-refractivity contribution in [2.45, 2.75) is 77.6 Å². The van der Waals surface area contributed by atoms with Gasteiger partial charge in [0, 0.05) is 0 Å². The van der Waals surface area contributed by atoms with E-state index in [1.165, 1.54) is 69.9 Å². The summed E-state index contributed by atoms with van der Waals surface area (Å²) < 4.78 is 26.3. The zero-order valence-corrected chi connectivity index (χ0v) is 15.1. The second kappa shape index (κ2) is 8.45. The second-order valence-corrected chi connectivity index (χ2v) is 8.26. The van der Waals surface area contributed by atoms with Crippen LogP contribution in [0.4, 0.5) is 8.78 Å². The molecule has 2 saturated carbocycles. The molecule has 2 heteroatoms. The van der Waals surface area contributed by atoms with Gasteiger partial charge in [-0.05, 0) is 79.9 Å². The SMILES string of the molecule is CC[C@H]1CC[C@H](C2CCC(CCc3ccc(F)c(F)c3)CC2)CC1. The average Bonchev–Trinajstić information content (AvgIpc) is 2.63. The van der Waals surface area contributed by atoms with E-state index >= 15 is 0 Å². The van der Waals surface area contributed by atoms with Crippen molar-refractivity contribution in [1.82, 2.24) is 0 Å². The van der Waals surface area contributed by atoms with E-state index in [0.29, 0.717) is 0 Å². The van der Waals surface area contributed by atoms with Crippen LogP contribution in [0.15, 0.2) is 18.2 Å². The third-order valence-corrected chi connectivity index (χ3v) is 6.85. The standard InChI is InChI=1S/C22H32F2/c1-2-16-5-10-19(11-6-16)20-12-7-17(8-13-20)3-4-18-9-14-21(23)22(24)15-18/h9,14-17,19-20H,2-8,10-13H2,1H3/t16-,17?,19-,20?. The van der Waals surface area contributed by atoms with Gasteiger partial charge in [-0.1, -0.05) is 45.1 Å². The van der Waals surface area contributed by atoms with Gasteiger partial charge in [-0.15, -0.1) is 0 Å². The third kappa shape index (κ3) is 4.58. The zero-order chi connectivity index (χ0) is 16.9. The summed E-state index contributed by atoms with van der Waals surface area (Å²) in [6.07, 6.45) is 14.7. The summed E-state index contributed by atoms with van der Waals surface area (Å²) in [5.41, 5.74) is 0.939. The molecule has 0 bridgehead atoms. The molecule has 0 radical (unpaired) electrons. The lowest BCUT2D eigenvalue weighted by Gasteiger charge is -2.37. The number of rotatable bonds is 5. The molecule has 0 nitrogen and oxygen atoms in total. The fourth-order valence-electron chi connectivity index (χ4n) is 5.08. The summed E-state index contributed by atoms with van der Waals surface area (Å²) in [6, 6.07) is 4.36. The number of halogens is 2. The highest BCUT2D eigenvalue weighted by Crippen LogP contribution is 2.42. The van der Waals surface area contributed by atoms with Crippen molar-refractivity contribution in [2.75, 3.05) is 0 Å². The third-order valence-electron chi connectivity index (χ3n) is 6.85. The summed E-state index contributed by atoms with van der Waals surface area (Å²) in [5.74, 6) is 2.27. The van der Waals surface area contributed by atoms with E-state index in [1.807, 2.05) is 0 Å². The first kappa shape index (κ1) is 17.9. The highest BCUT2D eigenvalue weighted by Gasteiger charge is 2.30. The van der Waals surface area contributed by atoms with Gasteiger partial charge in [0.05, 0.1) is 0 Å². The predicted octanol–water partition coefficient (Wildman–Crippen LogP) is 6.92. The lowest BCUT2D eigenvalue weighted by molar-refractivity contribution is 0.142. The van der Waals surface area contributed by atoms with Crippen LogP contribution in [-0.4, -0.2) is 0 Å². The molecule has 134 valence electrons. The molecule has 24 heavy (non-hydrogen) atoms. The highest BCUT2D eigenvalue weighted by atomic mass is 19.2. The number of hydrogen-bond donors (Lipinski definition) is 0. The van der Waals surface area contributed by atoms with Crippen molar-refractivity contribution in [3.8, 4) is 0 Å². The van der Waals surface area contributed by atoms with Crippen LogP contribution in [0.5, 0.6) is 0 Å². The summed E-state index contributed by atoms with van der Waals surface area (Å²) >= 11 is 0. The molecule has 0 aromatic heterocycles.